The van der Waals surface area contributed by atoms with Crippen LogP contribution >= 0.6 is 0 Å². The molecule has 0 aromatic carbocycles. The lowest BCUT2D eigenvalue weighted by atomic mass is 10.1. The van der Waals surface area contributed by atoms with Gasteiger partial charge >= 0.3 is 6.09 Å². The van der Waals surface area contributed by atoms with Gasteiger partial charge in [0, 0.05) is 17.6 Å². The predicted octanol–water partition coefficient (Wildman–Crippen LogP) is 3.09. The number of nitrogens with zero attached hydrogens (tertiary/aromatic N) is 1. The van der Waals surface area contributed by atoms with Gasteiger partial charge in [0.15, 0.2) is 0 Å². The van der Waals surface area contributed by atoms with Crippen molar-refractivity contribution in [2.45, 2.75) is 70.9 Å². The fraction of sp³-hybridized carbons (Fsp3) is 0.647. The molecule has 7 heteroatoms. The number of hydrogen-bond acceptors (Lipinski definition) is 5. The summed E-state index contributed by atoms with van der Waals surface area (Å²) in [6.45, 7) is 12.9. The van der Waals surface area contributed by atoms with Gasteiger partial charge < -0.3 is 14.6 Å². The van der Waals surface area contributed by atoms with Crippen molar-refractivity contribution < 1.29 is 14.1 Å². The van der Waals surface area contributed by atoms with Crippen LogP contribution in [0.5, 0.6) is 0 Å². The van der Waals surface area contributed by atoms with E-state index in [-0.39, 0.29) is 6.04 Å². The summed E-state index contributed by atoms with van der Waals surface area (Å²) in [5.74, 6) is 0. The monoisotopic (exact) mass is 355 g/mol. The van der Waals surface area contributed by atoms with Gasteiger partial charge in [-0.25, -0.2) is 4.79 Å². The number of hydrogen-bond donors (Lipinski definition) is 2. The zero-order valence-electron chi connectivity index (χ0n) is 15.5. The van der Waals surface area contributed by atoms with E-state index in [1.165, 1.54) is 0 Å². The van der Waals surface area contributed by atoms with Gasteiger partial charge in [-0.05, 0) is 60.6 Å². The van der Waals surface area contributed by atoms with Crippen molar-refractivity contribution in [1.29, 1.82) is 0 Å². The summed E-state index contributed by atoms with van der Waals surface area (Å²) in [6.07, 6.45) is 1.16. The SMILES string of the molecule is C[C@H](NC(=O)OC(C)(C)C)[C@H](N[S@+]([O-])C(C)(C)C)c1ccccn1. The van der Waals surface area contributed by atoms with Crippen LogP contribution in [0, 0.1) is 0 Å². The molecule has 6 nitrogen and oxygen atoms in total. The molecule has 0 saturated carbocycles. The highest BCUT2D eigenvalue weighted by Gasteiger charge is 2.33. The number of aromatic nitrogens is 1. The van der Waals surface area contributed by atoms with Crippen LogP contribution in [0.4, 0.5) is 4.79 Å². The first kappa shape index (κ1) is 20.7. The van der Waals surface area contributed by atoms with E-state index < -0.39 is 33.8 Å². The number of carbonyl (C=O) groups is 1. The lowest BCUT2D eigenvalue weighted by Gasteiger charge is -2.31. The van der Waals surface area contributed by atoms with E-state index in [1.807, 2.05) is 45.9 Å². The standard InChI is InChI=1S/C17H29N3O3S/c1-12(19-15(21)23-16(2,3)4)14(13-10-8-9-11-18-13)20-24(22)17(5,6)7/h8-12,14,20H,1-7H3,(H,19,21)/t12-,14-,24+/m0/s1. The molecule has 1 aromatic rings. The third kappa shape index (κ3) is 7.07. The Labute approximate surface area is 148 Å². The van der Waals surface area contributed by atoms with Crippen molar-refractivity contribution >= 4 is 17.5 Å². The molecule has 0 fully saturated rings. The minimum absolute atomic E-state index is 0.360. The minimum Gasteiger partial charge on any atom is -0.598 e. The largest absolute Gasteiger partial charge is 0.598 e. The third-order valence-corrected chi connectivity index (χ3v) is 4.62. The highest BCUT2D eigenvalue weighted by Crippen LogP contribution is 2.21. The molecule has 1 rings (SSSR count). The number of carbonyl (C=O) groups excluding carboxylic acids is 1. The van der Waals surface area contributed by atoms with E-state index in [1.54, 1.807) is 27.0 Å². The van der Waals surface area contributed by atoms with Gasteiger partial charge in [0.2, 0.25) is 0 Å². The normalized spacial score (nSPS) is 16.2. The van der Waals surface area contributed by atoms with Crippen molar-refractivity contribution in [2.24, 2.45) is 0 Å². The van der Waals surface area contributed by atoms with E-state index in [2.05, 4.69) is 15.0 Å². The molecule has 136 valence electrons. The zero-order valence-corrected chi connectivity index (χ0v) is 16.4. The van der Waals surface area contributed by atoms with Crippen LogP contribution in [0.2, 0.25) is 0 Å². The van der Waals surface area contributed by atoms with Crippen molar-refractivity contribution in [3.63, 3.8) is 0 Å². The maximum atomic E-state index is 12.5. The molecule has 2 N–H and O–H groups in total. The van der Waals surface area contributed by atoms with Crippen LogP contribution in [0.25, 0.3) is 0 Å². The Kier molecular flexibility index (Phi) is 7.07. The van der Waals surface area contributed by atoms with E-state index in [0.717, 1.165) is 0 Å². The predicted molar refractivity (Wildman–Crippen MR) is 96.8 cm³/mol. The average Bonchev–Trinajstić information content (AvgIpc) is 2.41. The Balaban J connectivity index is 2.91. The summed E-state index contributed by atoms with van der Waals surface area (Å²) in [4.78, 5) is 16.4. The Morgan fingerprint density at radius 1 is 1.25 bits per heavy atom. The molecule has 0 aliphatic heterocycles. The lowest BCUT2D eigenvalue weighted by Crippen LogP contribution is -2.49. The van der Waals surface area contributed by atoms with Crippen molar-refractivity contribution in [2.75, 3.05) is 0 Å². The molecule has 0 radical (unpaired) electrons. The van der Waals surface area contributed by atoms with Crippen LogP contribution in [-0.2, 0) is 16.1 Å². The average molecular weight is 356 g/mol. The van der Waals surface area contributed by atoms with Crippen LogP contribution in [-0.4, -0.2) is 32.0 Å². The summed E-state index contributed by atoms with van der Waals surface area (Å²) in [5.41, 5.74) is 0.130. The van der Waals surface area contributed by atoms with Crippen molar-refractivity contribution in [3.05, 3.63) is 30.1 Å². The van der Waals surface area contributed by atoms with Gasteiger partial charge in [0.1, 0.15) is 16.4 Å². The fourth-order valence-electron chi connectivity index (χ4n) is 1.85. The molecular formula is C17H29N3O3S. The van der Waals surface area contributed by atoms with Crippen LogP contribution in [0.3, 0.4) is 0 Å². The van der Waals surface area contributed by atoms with E-state index in [4.69, 9.17) is 4.74 Å². The second-order valence-corrected chi connectivity index (χ2v) is 9.66. The summed E-state index contributed by atoms with van der Waals surface area (Å²) >= 11 is -1.30. The molecule has 1 heterocycles. The van der Waals surface area contributed by atoms with E-state index in [9.17, 15) is 9.35 Å². The molecule has 0 bridgehead atoms. The number of rotatable bonds is 5. The molecule has 3 atom stereocenters. The van der Waals surface area contributed by atoms with Crippen molar-refractivity contribution in [1.82, 2.24) is 15.0 Å². The molecule has 0 unspecified atom stereocenters. The maximum absolute atomic E-state index is 12.5. The molecule has 0 saturated heterocycles. The van der Waals surface area contributed by atoms with Crippen molar-refractivity contribution in [3.8, 4) is 0 Å². The number of alkyl carbamates (subject to hydrolysis) is 1. The molecule has 0 aliphatic rings. The van der Waals surface area contributed by atoms with E-state index in [0.29, 0.717) is 5.69 Å². The van der Waals surface area contributed by atoms with Crippen LogP contribution in [0.1, 0.15) is 60.2 Å². The van der Waals surface area contributed by atoms with E-state index >= 15 is 0 Å². The molecule has 24 heavy (non-hydrogen) atoms. The molecule has 0 spiro atoms. The second-order valence-electron chi connectivity index (χ2n) is 7.67. The Bertz CT molecular complexity index is 526. The smallest absolute Gasteiger partial charge is 0.407 e. The topological polar surface area (TPSA) is 86.3 Å². The summed E-state index contributed by atoms with van der Waals surface area (Å²) < 4.78 is 20.4. The first-order valence-electron chi connectivity index (χ1n) is 7.98. The summed E-state index contributed by atoms with van der Waals surface area (Å²) in [7, 11) is 0. The van der Waals surface area contributed by atoms with Gasteiger partial charge in [-0.1, -0.05) is 6.07 Å². The summed E-state index contributed by atoms with van der Waals surface area (Å²) in [5, 5.41) is 2.79. The third-order valence-electron chi connectivity index (χ3n) is 3.04. The summed E-state index contributed by atoms with van der Waals surface area (Å²) in [6, 6.07) is 4.75. The number of ether oxygens (including phenoxy) is 1. The number of nitrogens with one attached hydrogen (secondary N) is 2. The molecular weight excluding hydrogens is 326 g/mol. The van der Waals surface area contributed by atoms with Crippen LogP contribution in [0.15, 0.2) is 24.4 Å². The Morgan fingerprint density at radius 3 is 2.33 bits per heavy atom. The van der Waals surface area contributed by atoms with Crippen LogP contribution < -0.4 is 10.0 Å². The second kappa shape index (κ2) is 8.18. The van der Waals surface area contributed by atoms with Gasteiger partial charge in [0.05, 0.1) is 11.7 Å². The Hall–Kier alpha value is -1.31. The van der Waals surface area contributed by atoms with Gasteiger partial charge in [-0.2, -0.15) is 0 Å². The minimum atomic E-state index is -1.30. The molecule has 1 aromatic heterocycles. The Morgan fingerprint density at radius 2 is 1.88 bits per heavy atom. The zero-order chi connectivity index (χ0) is 18.5. The number of pyridine rings is 1. The van der Waals surface area contributed by atoms with Gasteiger partial charge in [-0.15, -0.1) is 4.72 Å². The number of amides is 1. The highest BCUT2D eigenvalue weighted by molar-refractivity contribution is 7.90. The van der Waals surface area contributed by atoms with Gasteiger partial charge in [0.25, 0.3) is 0 Å². The first-order valence-corrected chi connectivity index (χ1v) is 9.13. The fourth-order valence-corrected chi connectivity index (χ4v) is 2.76. The first-order chi connectivity index (χ1) is 10.9. The highest BCUT2D eigenvalue weighted by atomic mass is 32.2. The maximum Gasteiger partial charge on any atom is 0.407 e. The lowest BCUT2D eigenvalue weighted by molar-refractivity contribution is 0.0499. The quantitative estimate of drug-likeness (QED) is 0.793. The molecule has 1 amide bonds. The molecule has 0 aliphatic carbocycles. The van der Waals surface area contributed by atoms with Gasteiger partial charge in [-0.3, -0.25) is 4.98 Å².